The Hall–Kier alpha value is -1.14. The Bertz CT molecular complexity index is 262. The van der Waals surface area contributed by atoms with Crippen molar-refractivity contribution in [3.05, 3.63) is 22.4 Å². The summed E-state index contributed by atoms with van der Waals surface area (Å²) in [4.78, 5) is 9.58. The molecule has 0 unspecified atom stereocenters. The zero-order valence-corrected chi connectivity index (χ0v) is 7.03. The summed E-state index contributed by atoms with van der Waals surface area (Å²) in [6, 6.07) is 1.34. The van der Waals surface area contributed by atoms with Crippen LogP contribution in [-0.2, 0) is 6.54 Å². The Morgan fingerprint density at radius 2 is 2.42 bits per heavy atom. The molecular formula is C5H9ClN4O2. The summed E-state index contributed by atoms with van der Waals surface area (Å²) < 4.78 is 1.44. The SMILES string of the molecule is Cl.NCCn1ccc([N+](=O)[O-])n1. The zero-order valence-electron chi connectivity index (χ0n) is 6.21. The highest BCUT2D eigenvalue weighted by molar-refractivity contribution is 5.85. The molecule has 12 heavy (non-hydrogen) atoms. The van der Waals surface area contributed by atoms with Crippen LogP contribution in [0.2, 0.25) is 0 Å². The molecule has 0 aliphatic carbocycles. The van der Waals surface area contributed by atoms with Crippen LogP contribution in [0.1, 0.15) is 0 Å². The minimum atomic E-state index is -0.535. The summed E-state index contributed by atoms with van der Waals surface area (Å²) in [5.41, 5.74) is 5.22. The Morgan fingerprint density at radius 3 is 2.83 bits per heavy atom. The molecule has 0 aliphatic heterocycles. The molecule has 1 aromatic heterocycles. The lowest BCUT2D eigenvalue weighted by atomic mass is 10.6. The summed E-state index contributed by atoms with van der Waals surface area (Å²) in [5, 5.41) is 13.8. The number of nitro groups is 1. The van der Waals surface area contributed by atoms with Gasteiger partial charge in [0, 0.05) is 6.54 Å². The molecule has 0 spiro atoms. The van der Waals surface area contributed by atoms with Gasteiger partial charge in [-0.3, -0.25) is 0 Å². The number of rotatable bonds is 3. The van der Waals surface area contributed by atoms with Gasteiger partial charge in [0.05, 0.1) is 23.9 Å². The minimum Gasteiger partial charge on any atom is -0.358 e. The largest absolute Gasteiger partial charge is 0.389 e. The van der Waals surface area contributed by atoms with E-state index in [1.54, 1.807) is 0 Å². The second-order valence-electron chi connectivity index (χ2n) is 1.98. The van der Waals surface area contributed by atoms with Gasteiger partial charge >= 0.3 is 5.82 Å². The van der Waals surface area contributed by atoms with E-state index in [0.717, 1.165) is 0 Å². The molecular weight excluding hydrogens is 184 g/mol. The molecule has 68 valence electrons. The van der Waals surface area contributed by atoms with Gasteiger partial charge in [-0.1, -0.05) is 0 Å². The van der Waals surface area contributed by atoms with E-state index in [4.69, 9.17) is 5.73 Å². The molecule has 1 heterocycles. The predicted molar refractivity (Wildman–Crippen MR) is 45.2 cm³/mol. The van der Waals surface area contributed by atoms with Crippen LogP contribution in [-0.4, -0.2) is 21.2 Å². The van der Waals surface area contributed by atoms with Gasteiger partial charge in [-0.15, -0.1) is 12.4 Å². The second-order valence-corrected chi connectivity index (χ2v) is 1.98. The average Bonchev–Trinajstić information content (AvgIpc) is 2.37. The molecule has 0 aromatic carbocycles. The molecule has 0 aliphatic rings. The van der Waals surface area contributed by atoms with Gasteiger partial charge in [-0.2, -0.15) is 4.68 Å². The third-order valence-corrected chi connectivity index (χ3v) is 1.17. The van der Waals surface area contributed by atoms with Crippen LogP contribution in [0.3, 0.4) is 0 Å². The molecule has 0 atom stereocenters. The van der Waals surface area contributed by atoms with Crippen molar-refractivity contribution in [2.45, 2.75) is 6.54 Å². The number of halogens is 1. The highest BCUT2D eigenvalue weighted by Crippen LogP contribution is 2.04. The molecule has 1 aromatic rings. The molecule has 2 N–H and O–H groups in total. The number of hydrogen-bond donors (Lipinski definition) is 1. The first-order valence-corrected chi connectivity index (χ1v) is 3.12. The van der Waals surface area contributed by atoms with Crippen LogP contribution in [0.5, 0.6) is 0 Å². The van der Waals surface area contributed by atoms with Gasteiger partial charge in [0.15, 0.2) is 0 Å². The lowest BCUT2D eigenvalue weighted by molar-refractivity contribution is -0.389. The monoisotopic (exact) mass is 192 g/mol. The van der Waals surface area contributed by atoms with E-state index in [9.17, 15) is 10.1 Å². The molecule has 1 rings (SSSR count). The Kier molecular flexibility index (Phi) is 4.24. The zero-order chi connectivity index (χ0) is 8.27. The molecule has 6 nitrogen and oxygen atoms in total. The van der Waals surface area contributed by atoms with Crippen LogP contribution >= 0.6 is 12.4 Å². The van der Waals surface area contributed by atoms with Crippen LogP contribution in [0.4, 0.5) is 5.82 Å². The van der Waals surface area contributed by atoms with Gasteiger partial charge < -0.3 is 15.8 Å². The molecule has 0 radical (unpaired) electrons. The quantitative estimate of drug-likeness (QED) is 0.546. The minimum absolute atomic E-state index is 0. The Labute approximate surface area is 74.9 Å². The lowest BCUT2D eigenvalue weighted by Gasteiger charge is -1.88. The van der Waals surface area contributed by atoms with E-state index < -0.39 is 4.92 Å². The van der Waals surface area contributed by atoms with Gasteiger partial charge in [0.1, 0.15) is 0 Å². The van der Waals surface area contributed by atoms with E-state index in [2.05, 4.69) is 5.10 Å². The van der Waals surface area contributed by atoms with Gasteiger partial charge in [0.2, 0.25) is 0 Å². The Morgan fingerprint density at radius 1 is 1.75 bits per heavy atom. The second kappa shape index (κ2) is 4.68. The topological polar surface area (TPSA) is 87.0 Å². The standard InChI is InChI=1S/C5H8N4O2.ClH/c6-2-4-8-3-1-5(7-8)9(10)11;/h1,3H,2,4,6H2;1H. The van der Waals surface area contributed by atoms with Gasteiger partial charge in [-0.05, 0) is 4.92 Å². The van der Waals surface area contributed by atoms with E-state index in [1.165, 1.54) is 16.9 Å². The van der Waals surface area contributed by atoms with Crippen LogP contribution in [0, 0.1) is 10.1 Å². The fraction of sp³-hybridized carbons (Fsp3) is 0.400. The normalized spacial score (nSPS) is 9.08. The average molecular weight is 193 g/mol. The Balaban J connectivity index is 0.00000121. The summed E-state index contributed by atoms with van der Waals surface area (Å²) in [7, 11) is 0. The van der Waals surface area contributed by atoms with Crippen LogP contribution in [0.25, 0.3) is 0 Å². The molecule has 0 bridgehead atoms. The summed E-state index contributed by atoms with van der Waals surface area (Å²) in [6.45, 7) is 0.937. The fourth-order valence-corrected chi connectivity index (χ4v) is 0.705. The third kappa shape index (κ3) is 2.48. The first-order valence-electron chi connectivity index (χ1n) is 3.12. The molecule has 0 fully saturated rings. The van der Waals surface area contributed by atoms with E-state index in [1.807, 2.05) is 0 Å². The summed E-state index contributed by atoms with van der Waals surface area (Å²) >= 11 is 0. The van der Waals surface area contributed by atoms with Crippen molar-refractivity contribution in [3.8, 4) is 0 Å². The van der Waals surface area contributed by atoms with Crippen molar-refractivity contribution in [2.75, 3.05) is 6.54 Å². The van der Waals surface area contributed by atoms with Crippen molar-refractivity contribution in [3.63, 3.8) is 0 Å². The smallest absolute Gasteiger partial charge is 0.358 e. The van der Waals surface area contributed by atoms with Crippen molar-refractivity contribution >= 4 is 18.2 Å². The fourth-order valence-electron chi connectivity index (χ4n) is 0.705. The maximum absolute atomic E-state index is 10.1. The highest BCUT2D eigenvalue weighted by atomic mass is 35.5. The molecule has 7 heteroatoms. The third-order valence-electron chi connectivity index (χ3n) is 1.17. The van der Waals surface area contributed by atoms with Crippen molar-refractivity contribution < 1.29 is 4.92 Å². The first kappa shape index (κ1) is 10.9. The maximum Gasteiger partial charge on any atom is 0.389 e. The van der Waals surface area contributed by atoms with E-state index >= 15 is 0 Å². The lowest BCUT2D eigenvalue weighted by Crippen LogP contribution is -2.10. The van der Waals surface area contributed by atoms with E-state index in [-0.39, 0.29) is 18.2 Å². The number of nitrogens with two attached hydrogens (primary N) is 1. The maximum atomic E-state index is 10.1. The predicted octanol–water partition coefficient (Wildman–Crippen LogP) is 0.172. The molecule has 0 saturated carbocycles. The first-order chi connectivity index (χ1) is 5.24. The number of hydrogen-bond acceptors (Lipinski definition) is 4. The summed E-state index contributed by atoms with van der Waals surface area (Å²) in [5.74, 6) is -0.140. The van der Waals surface area contributed by atoms with Crippen molar-refractivity contribution in [1.82, 2.24) is 9.78 Å². The van der Waals surface area contributed by atoms with Crippen molar-refractivity contribution in [2.24, 2.45) is 5.73 Å². The molecule has 0 saturated heterocycles. The van der Waals surface area contributed by atoms with Gasteiger partial charge in [-0.25, -0.2) is 0 Å². The number of aromatic nitrogens is 2. The van der Waals surface area contributed by atoms with Gasteiger partial charge in [0.25, 0.3) is 0 Å². The number of nitrogens with zero attached hydrogens (tertiary/aromatic N) is 3. The van der Waals surface area contributed by atoms with Crippen molar-refractivity contribution in [1.29, 1.82) is 0 Å². The van der Waals surface area contributed by atoms with Crippen LogP contribution < -0.4 is 5.73 Å². The highest BCUT2D eigenvalue weighted by Gasteiger charge is 2.08. The summed E-state index contributed by atoms with van der Waals surface area (Å²) in [6.07, 6.45) is 1.53. The van der Waals surface area contributed by atoms with Crippen LogP contribution in [0.15, 0.2) is 12.3 Å². The van der Waals surface area contributed by atoms with E-state index in [0.29, 0.717) is 13.1 Å². The molecule has 0 amide bonds.